The van der Waals surface area contributed by atoms with Gasteiger partial charge in [0, 0.05) is 13.1 Å². The highest BCUT2D eigenvalue weighted by molar-refractivity contribution is 5.91. The number of amides is 1. The maximum Gasteiger partial charge on any atom is 0.269 e. The van der Waals surface area contributed by atoms with E-state index in [1.807, 2.05) is 43.3 Å². The molecule has 0 atom stereocenters. The smallest absolute Gasteiger partial charge is 0.269 e. The Hall–Kier alpha value is -2.59. The van der Waals surface area contributed by atoms with Crippen molar-refractivity contribution in [3.8, 4) is 16.9 Å². The molecule has 2 rings (SSSR count). The maximum atomic E-state index is 11.7. The number of benzene rings is 2. The number of nitrogens with zero attached hydrogens (tertiary/aromatic N) is 1. The van der Waals surface area contributed by atoms with E-state index in [4.69, 9.17) is 9.57 Å². The minimum absolute atomic E-state index is 0.210. The molecule has 2 aromatic carbocycles. The molecule has 0 fully saturated rings. The molecule has 23 heavy (non-hydrogen) atoms. The fourth-order valence-electron chi connectivity index (χ4n) is 2.24. The van der Waals surface area contributed by atoms with Crippen molar-refractivity contribution >= 4 is 12.0 Å². The van der Waals surface area contributed by atoms with Crippen LogP contribution in [-0.4, -0.2) is 32.2 Å². The molecule has 4 heteroatoms. The number of rotatable bonds is 5. The molecule has 0 bridgehead atoms. The lowest BCUT2D eigenvalue weighted by Crippen LogP contribution is -2.22. The molecular formula is C19H21NO3. The van der Waals surface area contributed by atoms with E-state index in [9.17, 15) is 4.79 Å². The van der Waals surface area contributed by atoms with Crippen molar-refractivity contribution in [2.45, 2.75) is 6.92 Å². The molecule has 0 spiro atoms. The molecule has 120 valence electrons. The minimum Gasteiger partial charge on any atom is -0.496 e. The Bertz CT molecular complexity index is 722. The fourth-order valence-corrected chi connectivity index (χ4v) is 2.24. The molecule has 2 aromatic rings. The van der Waals surface area contributed by atoms with Crippen molar-refractivity contribution in [3.05, 3.63) is 59.7 Å². The number of hydrogen-bond acceptors (Lipinski definition) is 3. The summed E-state index contributed by atoms with van der Waals surface area (Å²) in [6, 6.07) is 14.1. The molecule has 0 N–H and O–H groups in total. The van der Waals surface area contributed by atoms with Crippen LogP contribution in [0.5, 0.6) is 5.75 Å². The summed E-state index contributed by atoms with van der Waals surface area (Å²) in [7, 11) is 4.70. The first-order valence-corrected chi connectivity index (χ1v) is 7.30. The van der Waals surface area contributed by atoms with Gasteiger partial charge in [-0.3, -0.25) is 9.63 Å². The first-order valence-electron chi connectivity index (χ1n) is 7.30. The Morgan fingerprint density at radius 1 is 1.09 bits per heavy atom. The summed E-state index contributed by atoms with van der Waals surface area (Å²) in [6.45, 7) is 2.02. The monoisotopic (exact) mass is 311 g/mol. The highest BCUT2D eigenvalue weighted by atomic mass is 16.7. The zero-order valence-electron chi connectivity index (χ0n) is 13.9. The quantitative estimate of drug-likeness (QED) is 0.624. The Balaban J connectivity index is 2.25. The van der Waals surface area contributed by atoms with Crippen LogP contribution in [0.25, 0.3) is 17.2 Å². The molecule has 0 radical (unpaired) electrons. The van der Waals surface area contributed by atoms with Crippen molar-refractivity contribution in [3.63, 3.8) is 0 Å². The molecule has 0 saturated carbocycles. The largest absolute Gasteiger partial charge is 0.496 e. The maximum absolute atomic E-state index is 11.7. The van der Waals surface area contributed by atoms with Crippen LogP contribution in [0.2, 0.25) is 0 Å². The number of likely N-dealkylation sites (N-methyl/N-ethyl adjacent to an activating group) is 1. The minimum atomic E-state index is -0.210. The predicted octanol–water partition coefficient (Wildman–Crippen LogP) is 3.70. The molecule has 0 aliphatic carbocycles. The van der Waals surface area contributed by atoms with Crippen molar-refractivity contribution in [1.82, 2.24) is 5.06 Å². The standard InChI is InChI=1S/C19H21NO3/c1-14-12-17(9-10-18(14)22-3)16-7-5-6-15(13-16)8-11-19(21)20(2)23-4/h5-13H,1-4H3/b11-8+. The van der Waals surface area contributed by atoms with Crippen LogP contribution in [0.3, 0.4) is 0 Å². The van der Waals surface area contributed by atoms with Crippen LogP contribution in [0, 0.1) is 6.92 Å². The second-order valence-electron chi connectivity index (χ2n) is 5.16. The van der Waals surface area contributed by atoms with E-state index in [-0.39, 0.29) is 5.91 Å². The average Bonchev–Trinajstić information content (AvgIpc) is 2.59. The summed E-state index contributed by atoms with van der Waals surface area (Å²) >= 11 is 0. The van der Waals surface area contributed by atoms with Gasteiger partial charge in [-0.25, -0.2) is 5.06 Å². The van der Waals surface area contributed by atoms with E-state index in [0.29, 0.717) is 0 Å². The average molecular weight is 311 g/mol. The first kappa shape index (κ1) is 16.8. The van der Waals surface area contributed by atoms with Gasteiger partial charge in [-0.1, -0.05) is 24.3 Å². The van der Waals surface area contributed by atoms with Gasteiger partial charge in [-0.2, -0.15) is 0 Å². The Morgan fingerprint density at radius 3 is 2.48 bits per heavy atom. The molecule has 0 heterocycles. The molecular weight excluding hydrogens is 290 g/mol. The third-order valence-electron chi connectivity index (χ3n) is 3.62. The van der Waals surface area contributed by atoms with Gasteiger partial charge in [0.2, 0.25) is 0 Å². The summed E-state index contributed by atoms with van der Waals surface area (Å²) in [4.78, 5) is 16.6. The topological polar surface area (TPSA) is 38.8 Å². The Labute approximate surface area is 136 Å². The number of hydrogen-bond donors (Lipinski definition) is 0. The van der Waals surface area contributed by atoms with E-state index in [0.717, 1.165) is 28.0 Å². The number of hydroxylamine groups is 2. The van der Waals surface area contributed by atoms with Crippen LogP contribution >= 0.6 is 0 Å². The zero-order valence-corrected chi connectivity index (χ0v) is 13.9. The lowest BCUT2D eigenvalue weighted by molar-refractivity contribution is -0.162. The third kappa shape index (κ3) is 4.20. The molecule has 0 aromatic heterocycles. The number of aryl methyl sites for hydroxylation is 1. The highest BCUT2D eigenvalue weighted by Gasteiger charge is 2.04. The zero-order chi connectivity index (χ0) is 16.8. The van der Waals surface area contributed by atoms with Crippen molar-refractivity contribution < 1.29 is 14.4 Å². The number of methoxy groups -OCH3 is 1. The lowest BCUT2D eigenvalue weighted by atomic mass is 10.0. The number of carbonyl (C=O) groups excluding carboxylic acids is 1. The van der Waals surface area contributed by atoms with E-state index in [1.54, 1.807) is 20.2 Å². The van der Waals surface area contributed by atoms with Gasteiger partial charge in [0.1, 0.15) is 5.75 Å². The lowest BCUT2D eigenvalue weighted by Gasteiger charge is -2.10. The third-order valence-corrected chi connectivity index (χ3v) is 3.62. The van der Waals surface area contributed by atoms with Gasteiger partial charge in [0.25, 0.3) is 5.91 Å². The fraction of sp³-hybridized carbons (Fsp3) is 0.211. The van der Waals surface area contributed by atoms with Crippen LogP contribution < -0.4 is 4.74 Å². The SMILES string of the molecule is COc1ccc(-c2cccc(/C=C/C(=O)N(C)OC)c2)cc1C. The summed E-state index contributed by atoms with van der Waals surface area (Å²) in [5.74, 6) is 0.663. The van der Waals surface area contributed by atoms with Gasteiger partial charge >= 0.3 is 0 Å². The van der Waals surface area contributed by atoms with Crippen LogP contribution in [0.1, 0.15) is 11.1 Å². The van der Waals surface area contributed by atoms with E-state index in [1.165, 1.54) is 18.2 Å². The molecule has 1 amide bonds. The molecule has 0 aliphatic heterocycles. The molecule has 0 aliphatic rings. The van der Waals surface area contributed by atoms with Crippen molar-refractivity contribution in [2.75, 3.05) is 21.3 Å². The number of ether oxygens (including phenoxy) is 1. The highest BCUT2D eigenvalue weighted by Crippen LogP contribution is 2.26. The van der Waals surface area contributed by atoms with E-state index in [2.05, 4.69) is 6.07 Å². The van der Waals surface area contributed by atoms with Gasteiger partial charge < -0.3 is 4.74 Å². The Morgan fingerprint density at radius 2 is 1.83 bits per heavy atom. The number of carbonyl (C=O) groups is 1. The van der Waals surface area contributed by atoms with E-state index >= 15 is 0 Å². The van der Waals surface area contributed by atoms with Crippen molar-refractivity contribution in [1.29, 1.82) is 0 Å². The molecule has 0 unspecified atom stereocenters. The van der Waals surface area contributed by atoms with Crippen LogP contribution in [0.4, 0.5) is 0 Å². The predicted molar refractivity (Wildman–Crippen MR) is 92.0 cm³/mol. The van der Waals surface area contributed by atoms with Gasteiger partial charge in [0.15, 0.2) is 0 Å². The van der Waals surface area contributed by atoms with Crippen molar-refractivity contribution in [2.24, 2.45) is 0 Å². The van der Waals surface area contributed by atoms with E-state index < -0.39 is 0 Å². The summed E-state index contributed by atoms with van der Waals surface area (Å²) in [6.07, 6.45) is 3.26. The van der Waals surface area contributed by atoms with Gasteiger partial charge in [0.05, 0.1) is 14.2 Å². The van der Waals surface area contributed by atoms with Crippen LogP contribution in [0.15, 0.2) is 48.5 Å². The molecule has 0 saturated heterocycles. The first-order chi connectivity index (χ1) is 11.0. The van der Waals surface area contributed by atoms with Gasteiger partial charge in [-0.05, 0) is 53.5 Å². The normalized spacial score (nSPS) is 10.8. The summed E-state index contributed by atoms with van der Waals surface area (Å²) in [5, 5.41) is 1.17. The summed E-state index contributed by atoms with van der Waals surface area (Å²) in [5.41, 5.74) is 4.24. The Kier molecular flexibility index (Phi) is 5.55. The second-order valence-corrected chi connectivity index (χ2v) is 5.16. The van der Waals surface area contributed by atoms with Crippen LogP contribution in [-0.2, 0) is 9.63 Å². The molecule has 4 nitrogen and oxygen atoms in total. The second kappa shape index (κ2) is 7.61. The summed E-state index contributed by atoms with van der Waals surface area (Å²) < 4.78 is 5.29. The van der Waals surface area contributed by atoms with Gasteiger partial charge in [-0.15, -0.1) is 0 Å².